The van der Waals surface area contributed by atoms with Gasteiger partial charge in [-0.3, -0.25) is 19.1 Å². The summed E-state index contributed by atoms with van der Waals surface area (Å²) in [6, 6.07) is 47.0. The summed E-state index contributed by atoms with van der Waals surface area (Å²) in [7, 11) is -5.57. The Morgan fingerprint density at radius 1 is 0.487 bits per heavy atom. The van der Waals surface area contributed by atoms with E-state index in [0.29, 0.717) is 61.5 Å². The summed E-state index contributed by atoms with van der Waals surface area (Å²) in [5, 5.41) is 13.6. The minimum Gasteiger partial charge on any atom is -0.468 e. The van der Waals surface area contributed by atoms with Gasteiger partial charge in [-0.15, -0.1) is 0 Å². The second-order valence-corrected chi connectivity index (χ2v) is 39.2. The van der Waals surface area contributed by atoms with Crippen LogP contribution >= 0.6 is 0 Å². The van der Waals surface area contributed by atoms with Gasteiger partial charge in [-0.25, -0.2) is 4.79 Å². The van der Waals surface area contributed by atoms with E-state index in [-0.39, 0.29) is 69.8 Å². The monoisotopic (exact) mass is 1630 g/mol. The number of ketones is 1. The van der Waals surface area contributed by atoms with Crippen LogP contribution < -0.4 is 9.47 Å². The first-order valence-electron chi connectivity index (χ1n) is 40.2. The molecule has 0 aromatic heterocycles. The molecule has 0 amide bonds. The third-order valence-electron chi connectivity index (χ3n) is 21.5. The van der Waals surface area contributed by atoms with E-state index in [1.807, 2.05) is 87.5 Å². The molecule has 0 bridgehead atoms. The van der Waals surface area contributed by atoms with Gasteiger partial charge in [-0.1, -0.05) is 117 Å². The van der Waals surface area contributed by atoms with Gasteiger partial charge < -0.3 is 90.1 Å². The molecule has 115 heavy (non-hydrogen) atoms. The topological polar surface area (TPSA) is 304 Å². The molecule has 6 aliphatic rings. The van der Waals surface area contributed by atoms with Crippen LogP contribution in [0.5, 0.6) is 11.5 Å². The lowest BCUT2D eigenvalue weighted by Gasteiger charge is -2.46. The van der Waals surface area contributed by atoms with E-state index in [9.17, 15) is 32.9 Å². The van der Waals surface area contributed by atoms with Gasteiger partial charge in [0.15, 0.2) is 44.3 Å². The zero-order valence-electron chi connectivity index (χ0n) is 67.1. The molecule has 6 aliphatic heterocycles. The highest BCUT2D eigenvalue weighted by molar-refractivity contribution is 7.86. The number of benzene rings is 6. The van der Waals surface area contributed by atoms with Gasteiger partial charge in [0.25, 0.3) is 15.8 Å². The van der Waals surface area contributed by atoms with Crippen LogP contribution in [0.15, 0.2) is 152 Å². The van der Waals surface area contributed by atoms with Gasteiger partial charge in [0.1, 0.15) is 47.8 Å². The highest BCUT2D eigenvalue weighted by Gasteiger charge is 2.50. The fourth-order valence-corrected chi connectivity index (χ4v) is 17.1. The highest BCUT2D eigenvalue weighted by Crippen LogP contribution is 2.40. The van der Waals surface area contributed by atoms with E-state index >= 15 is 0 Å². The number of rotatable bonds is 36. The molecule has 6 heterocycles. The number of fused-ring (bicyclic) bond motifs is 1. The molecule has 6 aromatic carbocycles. The molecular formula is C86H111NO26SSi. The van der Waals surface area contributed by atoms with Crippen LogP contribution in [0, 0.1) is 10.1 Å². The van der Waals surface area contributed by atoms with E-state index < -0.39 is 176 Å². The van der Waals surface area contributed by atoms with Crippen LogP contribution in [-0.4, -0.2) is 194 Å². The number of ether oxygens (including phenoxy) is 18. The predicted octanol–water partition coefficient (Wildman–Crippen LogP) is 14.0. The first kappa shape index (κ1) is 87.1. The van der Waals surface area contributed by atoms with Gasteiger partial charge in [-0.05, 0) is 144 Å². The largest absolute Gasteiger partial charge is 0.468 e. The molecule has 0 aliphatic carbocycles. The summed E-state index contributed by atoms with van der Waals surface area (Å²) in [5.74, 6) is -0.523. The summed E-state index contributed by atoms with van der Waals surface area (Å²) in [5.41, 5.74) is 2.67. The molecule has 0 radical (unpaired) electrons. The van der Waals surface area contributed by atoms with Crippen molar-refractivity contribution in [3.63, 3.8) is 0 Å². The molecule has 6 aromatic rings. The second kappa shape index (κ2) is 41.0. The van der Waals surface area contributed by atoms with Crippen molar-refractivity contribution in [3.05, 3.63) is 184 Å². The maximum absolute atomic E-state index is 14.0. The smallest absolute Gasteiger partial charge is 0.338 e. The number of esters is 2. The van der Waals surface area contributed by atoms with Gasteiger partial charge in [0.2, 0.25) is 6.29 Å². The quantitative estimate of drug-likeness (QED) is 0.00671. The molecule has 6 fully saturated rings. The van der Waals surface area contributed by atoms with Crippen molar-refractivity contribution < 1.29 is 117 Å². The average Bonchev–Trinajstić information content (AvgIpc) is 0.788. The number of Topliss-reactive ketones (excluding diaryl/α,β-unsaturated/α-hetero) is 1. The molecule has 29 heteroatoms. The number of aryl methyl sites for hydroxylation is 1. The number of non-ortho nitro benzene ring substituents is 1. The SMILES string of the molecule is CC(=O)CCC(=O)O[C@H]1CC[C@H](O[C@@H]2C[C@H](O[C@@H]3C[C@@H](O[C@H]4CC[C@H](O[C@@H]5[C@@H](C)O[C@@H](O[C@@H]6[C@@H](C)O[C@@H](Oc7ccc(OCOCC[Si](C)(C)C)cc7)C[C@H]6OCc6ccccc6)C[C@H]5OCc5ccc6ccccc6c5)O[C@H]4C)O[C@H](C)[C@H]3OC(=O)c3ccccc3)O[C@H](C)[C@H]2OS(=O)(=O)CCc2ccc([N+](=O)[O-])cc2)O[C@H]1C. The normalized spacial score (nSPS) is 30.7. The molecule has 27 nitrogen and oxygen atoms in total. The molecule has 0 saturated carbocycles. The zero-order valence-corrected chi connectivity index (χ0v) is 68.9. The minimum absolute atomic E-state index is 0.0185. The van der Waals surface area contributed by atoms with Gasteiger partial charge in [0.05, 0.1) is 96.9 Å². The number of carbonyl (C=O) groups excluding carboxylic acids is 3. The number of nitro benzene ring substituents is 1. The van der Waals surface area contributed by atoms with Crippen molar-refractivity contribution in [2.24, 2.45) is 0 Å². The number of hydrogen-bond donors (Lipinski definition) is 0. The first-order chi connectivity index (χ1) is 55.2. The van der Waals surface area contributed by atoms with Crippen molar-refractivity contribution in [3.8, 4) is 11.5 Å². The summed E-state index contributed by atoms with van der Waals surface area (Å²) in [6.45, 7) is 20.7. The van der Waals surface area contributed by atoms with Crippen molar-refractivity contribution in [2.45, 2.75) is 293 Å². The number of carbonyl (C=O) groups is 3. The lowest BCUT2D eigenvalue weighted by molar-refractivity contribution is -0.384. The second-order valence-electron chi connectivity index (χ2n) is 31.8. The van der Waals surface area contributed by atoms with Crippen LogP contribution in [0.2, 0.25) is 25.7 Å². The lowest BCUT2D eigenvalue weighted by Crippen LogP contribution is -2.57. The third-order valence-corrected chi connectivity index (χ3v) is 24.4. The van der Waals surface area contributed by atoms with E-state index in [4.69, 9.17) is 89.4 Å². The Kier molecular flexibility index (Phi) is 31.0. The van der Waals surface area contributed by atoms with Gasteiger partial charge in [0, 0.05) is 71.8 Å². The van der Waals surface area contributed by atoms with Crippen molar-refractivity contribution >= 4 is 52.4 Å². The first-order valence-corrected chi connectivity index (χ1v) is 45.5. The summed E-state index contributed by atoms with van der Waals surface area (Å²) in [6.07, 6.45) is -15.0. The Labute approximate surface area is 674 Å². The number of nitro groups is 1. The Balaban J connectivity index is 0.713. The van der Waals surface area contributed by atoms with E-state index in [2.05, 4.69) is 50.0 Å². The summed E-state index contributed by atoms with van der Waals surface area (Å²) in [4.78, 5) is 49.2. The van der Waals surface area contributed by atoms with Gasteiger partial charge >= 0.3 is 11.9 Å². The number of hydrogen-bond acceptors (Lipinski definition) is 26. The molecular weight excluding hydrogens is 1520 g/mol. The molecule has 6 saturated heterocycles. The summed E-state index contributed by atoms with van der Waals surface area (Å²) < 4.78 is 152. The van der Waals surface area contributed by atoms with E-state index in [0.717, 1.165) is 27.9 Å². The maximum atomic E-state index is 14.0. The predicted molar refractivity (Wildman–Crippen MR) is 422 cm³/mol. The fraction of sp³-hybridized carbons (Fsp3) is 0.570. The summed E-state index contributed by atoms with van der Waals surface area (Å²) >= 11 is 0. The average molecular weight is 1630 g/mol. The fourth-order valence-electron chi connectivity index (χ4n) is 15.1. The van der Waals surface area contributed by atoms with Crippen LogP contribution in [0.1, 0.15) is 140 Å². The standard InChI is InChI=1S/C86H111NO26SSi/c1-53(88)25-38-75(89)106-69-36-39-76(99-54(69)2)108-74-49-80(104-59(7)85(74)113-114(93,94)43-41-60-27-30-66(31-28-60)87(91)92)109-73-48-79(102-58(6)84(73)112-86(90)64-22-15-12-16-23-64)107-70-37-40-77(100-55(70)3)110-82-56(4)103-81(47-72(82)97-51-62-26-29-63-21-17-18-24-65(63)45-62)111-83-57(5)101-78(46-71(83)96-50-61-19-13-11-14-20-61)105-68-34-32-67(33-35-68)98-52-95-42-44-115(8,9)10/h11-24,26-35,45,54-59,69-74,76-85H,25,36-44,46-52H2,1-10H3/t54-,55-,56+,57+,58+,59+,69-,70-,71+,72+,73+,74+,76-,77-,78-,79+,80-,81-,82+,83+,84+,85+/m0/s1. The molecule has 12 rings (SSSR count). The Morgan fingerprint density at radius 3 is 1.63 bits per heavy atom. The van der Waals surface area contributed by atoms with Crippen molar-refractivity contribution in [1.29, 1.82) is 0 Å². The zero-order chi connectivity index (χ0) is 81.3. The Bertz CT molecular complexity index is 4200. The van der Waals surface area contributed by atoms with Crippen LogP contribution in [0.3, 0.4) is 0 Å². The van der Waals surface area contributed by atoms with Crippen LogP contribution in [-0.2, 0) is 119 Å². The lowest BCUT2D eigenvalue weighted by atomic mass is 9.99. The van der Waals surface area contributed by atoms with Gasteiger partial charge in [-0.2, -0.15) is 8.42 Å². The third kappa shape index (κ3) is 25.6. The molecule has 0 unspecified atom stereocenters. The van der Waals surface area contributed by atoms with Crippen LogP contribution in [0.4, 0.5) is 5.69 Å². The molecule has 22 atom stereocenters. The Morgan fingerprint density at radius 2 is 0.991 bits per heavy atom. The van der Waals surface area contributed by atoms with Crippen LogP contribution in [0.25, 0.3) is 10.8 Å². The van der Waals surface area contributed by atoms with Crippen molar-refractivity contribution in [1.82, 2.24) is 0 Å². The Hall–Kier alpha value is -7.24. The molecule has 626 valence electrons. The minimum atomic E-state index is -4.34. The number of nitrogens with zero attached hydrogens (tertiary/aromatic N) is 1. The van der Waals surface area contributed by atoms with E-state index in [1.54, 1.807) is 51.1 Å². The highest BCUT2D eigenvalue weighted by atomic mass is 32.2. The van der Waals surface area contributed by atoms with Crippen molar-refractivity contribution in [2.75, 3.05) is 19.2 Å². The molecule has 0 N–H and O–H groups in total. The van der Waals surface area contributed by atoms with E-state index in [1.165, 1.54) is 31.2 Å². The maximum Gasteiger partial charge on any atom is 0.338 e. The molecule has 0 spiro atoms.